The molecule has 1 aromatic heterocycles. The number of aryl methyl sites for hydroxylation is 1. The monoisotopic (exact) mass is 495 g/mol. The van der Waals surface area contributed by atoms with Crippen molar-refractivity contribution in [1.82, 2.24) is 14.7 Å². The van der Waals surface area contributed by atoms with Gasteiger partial charge in [-0.15, -0.1) is 0 Å². The number of aliphatic hydroxyl groups is 1. The normalized spacial score (nSPS) is 12.8. The highest BCUT2D eigenvalue weighted by atomic mass is 16.5. The van der Waals surface area contributed by atoms with Gasteiger partial charge in [-0.25, -0.2) is 4.68 Å². The van der Waals surface area contributed by atoms with Crippen molar-refractivity contribution in [1.29, 1.82) is 0 Å². The minimum atomic E-state index is -0.599. The number of hydrogen-bond acceptors (Lipinski definition) is 6. The van der Waals surface area contributed by atoms with E-state index in [4.69, 9.17) is 19.3 Å². The first-order valence-corrected chi connectivity index (χ1v) is 12.6. The van der Waals surface area contributed by atoms with Gasteiger partial charge in [0.1, 0.15) is 11.5 Å². The lowest BCUT2D eigenvalue weighted by molar-refractivity contribution is -0.0573. The van der Waals surface area contributed by atoms with E-state index in [-0.39, 0.29) is 12.2 Å². The molecule has 0 radical (unpaired) electrons. The highest BCUT2D eigenvalue weighted by molar-refractivity contribution is 5.44. The summed E-state index contributed by atoms with van der Waals surface area (Å²) >= 11 is 0. The lowest BCUT2D eigenvalue weighted by Gasteiger charge is -2.28. The van der Waals surface area contributed by atoms with Gasteiger partial charge in [-0.05, 0) is 70.0 Å². The molecule has 36 heavy (non-hydrogen) atoms. The second kappa shape index (κ2) is 12.4. The van der Waals surface area contributed by atoms with Gasteiger partial charge in [-0.1, -0.05) is 32.0 Å². The van der Waals surface area contributed by atoms with Crippen LogP contribution >= 0.6 is 0 Å². The molecule has 0 amide bonds. The Balaban J connectivity index is 1.93. The molecule has 0 aliphatic carbocycles. The molecular formula is C29H41N3O4. The summed E-state index contributed by atoms with van der Waals surface area (Å²) in [5, 5.41) is 15.6. The molecule has 7 nitrogen and oxygen atoms in total. The first-order chi connectivity index (χ1) is 17.1. The maximum absolute atomic E-state index is 10.7. The number of aromatic nitrogens is 2. The SMILES string of the molecule is COc1ccc(Oc2c(CN(CC(C)C)CC(O)COC(C)(C)C)c(C)nn2-c2ccccc2)cc1. The Hall–Kier alpha value is -2.87. The van der Waals surface area contributed by atoms with Gasteiger partial charge in [0.2, 0.25) is 5.88 Å². The summed E-state index contributed by atoms with van der Waals surface area (Å²) in [6, 6.07) is 17.5. The summed E-state index contributed by atoms with van der Waals surface area (Å²) in [7, 11) is 1.64. The minimum Gasteiger partial charge on any atom is -0.497 e. The van der Waals surface area contributed by atoms with Crippen molar-refractivity contribution in [3.05, 3.63) is 65.9 Å². The largest absolute Gasteiger partial charge is 0.497 e. The van der Waals surface area contributed by atoms with Gasteiger partial charge in [-0.3, -0.25) is 4.90 Å². The van der Waals surface area contributed by atoms with Crippen LogP contribution < -0.4 is 9.47 Å². The summed E-state index contributed by atoms with van der Waals surface area (Å²) in [6.07, 6.45) is -0.599. The number of hydrogen-bond donors (Lipinski definition) is 1. The van der Waals surface area contributed by atoms with Crippen LogP contribution in [-0.2, 0) is 11.3 Å². The van der Waals surface area contributed by atoms with Gasteiger partial charge < -0.3 is 19.3 Å². The van der Waals surface area contributed by atoms with E-state index < -0.39 is 6.10 Å². The highest BCUT2D eigenvalue weighted by Gasteiger charge is 2.24. The molecule has 0 spiro atoms. The molecule has 0 fully saturated rings. The number of methoxy groups -OCH3 is 1. The predicted molar refractivity (Wildman–Crippen MR) is 143 cm³/mol. The standard InChI is InChI=1S/C29H41N3O4/c1-21(2)17-31(18-24(33)20-35-29(4,5)6)19-27-22(3)30-32(23-11-9-8-10-12-23)28(27)36-26-15-13-25(34-7)14-16-26/h8-16,21,24,33H,17-20H2,1-7H3. The van der Waals surface area contributed by atoms with E-state index in [0.29, 0.717) is 30.6 Å². The Bertz CT molecular complexity index is 1070. The Labute approximate surface area is 215 Å². The molecule has 1 atom stereocenters. The van der Waals surface area contributed by atoms with Crippen LogP contribution in [0.2, 0.25) is 0 Å². The molecule has 3 rings (SSSR count). The lowest BCUT2D eigenvalue weighted by atomic mass is 10.1. The fourth-order valence-corrected chi connectivity index (χ4v) is 3.97. The quantitative estimate of drug-likeness (QED) is 0.352. The minimum absolute atomic E-state index is 0.287. The van der Waals surface area contributed by atoms with Crippen LogP contribution in [0.4, 0.5) is 0 Å². The van der Waals surface area contributed by atoms with E-state index in [9.17, 15) is 5.11 Å². The van der Waals surface area contributed by atoms with E-state index in [1.807, 2.05) is 87.0 Å². The summed E-state index contributed by atoms with van der Waals surface area (Å²) in [4.78, 5) is 2.25. The second-order valence-corrected chi connectivity index (χ2v) is 10.6. The molecule has 3 aromatic rings. The molecule has 0 aliphatic rings. The molecule has 2 aromatic carbocycles. The smallest absolute Gasteiger partial charge is 0.227 e. The molecule has 0 aliphatic heterocycles. The molecule has 1 unspecified atom stereocenters. The van der Waals surface area contributed by atoms with Crippen molar-refractivity contribution >= 4 is 0 Å². The Morgan fingerprint density at radius 3 is 2.19 bits per heavy atom. The van der Waals surface area contributed by atoms with Gasteiger partial charge in [0, 0.05) is 19.6 Å². The molecule has 0 bridgehead atoms. The molecular weight excluding hydrogens is 454 g/mol. The van der Waals surface area contributed by atoms with E-state index in [0.717, 1.165) is 29.2 Å². The zero-order chi connectivity index (χ0) is 26.3. The van der Waals surface area contributed by atoms with Gasteiger partial charge in [0.25, 0.3) is 0 Å². The third-order valence-corrected chi connectivity index (χ3v) is 5.59. The number of benzene rings is 2. The molecule has 1 N–H and O–H groups in total. The van der Waals surface area contributed by atoms with E-state index in [2.05, 4.69) is 18.7 Å². The maximum Gasteiger partial charge on any atom is 0.227 e. The Morgan fingerprint density at radius 2 is 1.61 bits per heavy atom. The zero-order valence-corrected chi connectivity index (χ0v) is 22.7. The zero-order valence-electron chi connectivity index (χ0n) is 22.7. The first kappa shape index (κ1) is 27.7. The van der Waals surface area contributed by atoms with Crippen LogP contribution in [0.1, 0.15) is 45.9 Å². The van der Waals surface area contributed by atoms with Crippen molar-refractivity contribution in [3.63, 3.8) is 0 Å². The number of ether oxygens (including phenoxy) is 3. The summed E-state index contributed by atoms with van der Waals surface area (Å²) in [5.41, 5.74) is 2.50. The average molecular weight is 496 g/mol. The van der Waals surface area contributed by atoms with Crippen molar-refractivity contribution in [2.45, 2.75) is 59.8 Å². The maximum atomic E-state index is 10.7. The fourth-order valence-electron chi connectivity index (χ4n) is 3.97. The Morgan fingerprint density at radius 1 is 0.972 bits per heavy atom. The number of para-hydroxylation sites is 1. The second-order valence-electron chi connectivity index (χ2n) is 10.6. The van der Waals surface area contributed by atoms with Crippen molar-refractivity contribution < 1.29 is 19.3 Å². The fraction of sp³-hybridized carbons (Fsp3) is 0.483. The van der Waals surface area contributed by atoms with Gasteiger partial charge >= 0.3 is 0 Å². The number of rotatable bonds is 12. The van der Waals surface area contributed by atoms with E-state index >= 15 is 0 Å². The lowest BCUT2D eigenvalue weighted by Crippen LogP contribution is -2.38. The van der Waals surface area contributed by atoms with Crippen LogP contribution in [0, 0.1) is 12.8 Å². The molecule has 0 saturated carbocycles. The van der Waals surface area contributed by atoms with Crippen LogP contribution in [-0.4, -0.2) is 58.3 Å². The highest BCUT2D eigenvalue weighted by Crippen LogP contribution is 2.32. The third-order valence-electron chi connectivity index (χ3n) is 5.59. The molecule has 7 heteroatoms. The summed E-state index contributed by atoms with van der Waals surface area (Å²) in [5.74, 6) is 2.56. The van der Waals surface area contributed by atoms with Crippen LogP contribution in [0.25, 0.3) is 5.69 Å². The van der Waals surface area contributed by atoms with Crippen LogP contribution in [0.15, 0.2) is 54.6 Å². The average Bonchev–Trinajstić information content (AvgIpc) is 3.13. The van der Waals surface area contributed by atoms with Gasteiger partial charge in [0.05, 0.1) is 42.4 Å². The molecule has 196 valence electrons. The van der Waals surface area contributed by atoms with Crippen molar-refractivity contribution in [3.8, 4) is 23.1 Å². The summed E-state index contributed by atoms with van der Waals surface area (Å²) < 4.78 is 19.4. The number of aliphatic hydroxyl groups excluding tert-OH is 1. The summed E-state index contributed by atoms with van der Waals surface area (Å²) in [6.45, 7) is 14.5. The van der Waals surface area contributed by atoms with Crippen LogP contribution in [0.3, 0.4) is 0 Å². The molecule has 1 heterocycles. The molecule has 0 saturated heterocycles. The van der Waals surface area contributed by atoms with E-state index in [1.165, 1.54) is 0 Å². The van der Waals surface area contributed by atoms with Gasteiger partial charge in [-0.2, -0.15) is 5.10 Å². The topological polar surface area (TPSA) is 69.0 Å². The first-order valence-electron chi connectivity index (χ1n) is 12.6. The number of nitrogens with zero attached hydrogens (tertiary/aromatic N) is 3. The van der Waals surface area contributed by atoms with Crippen LogP contribution in [0.5, 0.6) is 17.4 Å². The van der Waals surface area contributed by atoms with E-state index in [1.54, 1.807) is 7.11 Å². The van der Waals surface area contributed by atoms with Crippen molar-refractivity contribution in [2.24, 2.45) is 5.92 Å². The van der Waals surface area contributed by atoms with Gasteiger partial charge in [0.15, 0.2) is 0 Å². The Kier molecular flexibility index (Phi) is 9.54. The third kappa shape index (κ3) is 8.08. The predicted octanol–water partition coefficient (Wildman–Crippen LogP) is 5.62. The van der Waals surface area contributed by atoms with Crippen molar-refractivity contribution in [2.75, 3.05) is 26.8 Å².